The molecule has 2 rings (SSSR count). The van der Waals surface area contributed by atoms with E-state index in [0.717, 1.165) is 6.26 Å². The molecule has 1 aromatic rings. The number of nitrogens with zero attached hydrogens (tertiary/aromatic N) is 1. The van der Waals surface area contributed by atoms with Gasteiger partial charge in [0.2, 0.25) is 10.0 Å². The van der Waals surface area contributed by atoms with Crippen LogP contribution in [0.25, 0.3) is 0 Å². The Hall–Kier alpha value is -1.73. The fourth-order valence-corrected chi connectivity index (χ4v) is 3.43. The monoisotopic (exact) mass is 311 g/mol. The van der Waals surface area contributed by atoms with Crippen molar-refractivity contribution in [2.75, 3.05) is 12.8 Å². The van der Waals surface area contributed by atoms with Crippen molar-refractivity contribution in [2.45, 2.75) is 25.8 Å². The first-order valence-electron chi connectivity index (χ1n) is 6.58. The van der Waals surface area contributed by atoms with E-state index >= 15 is 0 Å². The van der Waals surface area contributed by atoms with E-state index in [0.29, 0.717) is 30.7 Å². The lowest BCUT2D eigenvalue weighted by Gasteiger charge is -2.20. The molecule has 0 bridgehead atoms. The first-order chi connectivity index (χ1) is 9.79. The molecule has 1 aromatic carbocycles. The number of hydrogen-bond acceptors (Lipinski definition) is 5. The van der Waals surface area contributed by atoms with Gasteiger partial charge in [-0.2, -0.15) is 4.31 Å². The molecule has 0 aromatic heterocycles. The molecule has 1 fully saturated rings. The summed E-state index contributed by atoms with van der Waals surface area (Å²) in [5, 5.41) is 0. The SMILES string of the molecule is CC(=O)c1ccc(OC(=O)[C@@H]2CCCN2S(C)(=O)=O)cc1. The van der Waals surface area contributed by atoms with Crippen molar-refractivity contribution in [1.82, 2.24) is 4.31 Å². The highest BCUT2D eigenvalue weighted by Crippen LogP contribution is 2.23. The van der Waals surface area contributed by atoms with Crippen molar-refractivity contribution in [2.24, 2.45) is 0 Å². The van der Waals surface area contributed by atoms with E-state index in [1.807, 2.05) is 0 Å². The van der Waals surface area contributed by atoms with Crippen LogP contribution in [-0.2, 0) is 14.8 Å². The topological polar surface area (TPSA) is 80.8 Å². The van der Waals surface area contributed by atoms with Crippen LogP contribution < -0.4 is 4.74 Å². The molecule has 0 amide bonds. The van der Waals surface area contributed by atoms with Crippen LogP contribution >= 0.6 is 0 Å². The average molecular weight is 311 g/mol. The molecule has 1 aliphatic rings. The molecule has 1 heterocycles. The van der Waals surface area contributed by atoms with Crippen molar-refractivity contribution in [1.29, 1.82) is 0 Å². The molecule has 1 saturated heterocycles. The van der Waals surface area contributed by atoms with Crippen LogP contribution in [0.2, 0.25) is 0 Å². The zero-order chi connectivity index (χ0) is 15.6. The molecule has 0 saturated carbocycles. The fourth-order valence-electron chi connectivity index (χ4n) is 2.31. The Kier molecular flexibility index (Phi) is 4.43. The molecule has 0 unspecified atom stereocenters. The zero-order valence-corrected chi connectivity index (χ0v) is 12.7. The highest BCUT2D eigenvalue weighted by atomic mass is 32.2. The lowest BCUT2D eigenvalue weighted by Crippen LogP contribution is -2.41. The van der Waals surface area contributed by atoms with E-state index < -0.39 is 22.0 Å². The van der Waals surface area contributed by atoms with Crippen molar-refractivity contribution in [3.8, 4) is 5.75 Å². The van der Waals surface area contributed by atoms with Gasteiger partial charge in [0.25, 0.3) is 0 Å². The minimum absolute atomic E-state index is 0.0769. The summed E-state index contributed by atoms with van der Waals surface area (Å²) in [5.41, 5.74) is 0.522. The molecule has 0 N–H and O–H groups in total. The third-order valence-electron chi connectivity index (χ3n) is 3.38. The predicted octanol–water partition coefficient (Wildman–Crippen LogP) is 1.22. The molecule has 0 aliphatic carbocycles. The van der Waals surface area contributed by atoms with E-state index in [-0.39, 0.29) is 5.78 Å². The molecule has 114 valence electrons. The van der Waals surface area contributed by atoms with Crippen molar-refractivity contribution >= 4 is 21.8 Å². The lowest BCUT2D eigenvalue weighted by atomic mass is 10.1. The largest absolute Gasteiger partial charge is 0.425 e. The number of Topliss-reactive ketones (excluding diaryl/α,β-unsaturated/α-hetero) is 1. The second-order valence-corrected chi connectivity index (χ2v) is 6.97. The molecule has 1 atom stereocenters. The average Bonchev–Trinajstić information content (AvgIpc) is 2.88. The predicted molar refractivity (Wildman–Crippen MR) is 76.7 cm³/mol. The zero-order valence-electron chi connectivity index (χ0n) is 11.9. The summed E-state index contributed by atoms with van der Waals surface area (Å²) in [6.07, 6.45) is 2.17. The van der Waals surface area contributed by atoms with Crippen molar-refractivity contribution in [3.63, 3.8) is 0 Å². The number of carbonyl (C=O) groups is 2. The second-order valence-electron chi connectivity index (χ2n) is 5.03. The van der Waals surface area contributed by atoms with Crippen LogP contribution in [0.15, 0.2) is 24.3 Å². The quantitative estimate of drug-likeness (QED) is 0.474. The molecular formula is C14H17NO5S. The highest BCUT2D eigenvalue weighted by Gasteiger charge is 2.37. The normalized spacial score (nSPS) is 19.4. The maximum Gasteiger partial charge on any atom is 0.329 e. The van der Waals surface area contributed by atoms with E-state index in [4.69, 9.17) is 4.74 Å². The lowest BCUT2D eigenvalue weighted by molar-refractivity contribution is -0.137. The Morgan fingerprint density at radius 2 is 1.86 bits per heavy atom. The smallest absolute Gasteiger partial charge is 0.329 e. The number of ketones is 1. The fraction of sp³-hybridized carbons (Fsp3) is 0.429. The Morgan fingerprint density at radius 1 is 1.24 bits per heavy atom. The first-order valence-corrected chi connectivity index (χ1v) is 8.43. The number of hydrogen-bond donors (Lipinski definition) is 0. The number of carbonyl (C=O) groups excluding carboxylic acids is 2. The van der Waals surface area contributed by atoms with Crippen LogP contribution in [-0.4, -0.2) is 43.3 Å². The van der Waals surface area contributed by atoms with Gasteiger partial charge in [0.05, 0.1) is 6.26 Å². The van der Waals surface area contributed by atoms with Gasteiger partial charge >= 0.3 is 5.97 Å². The van der Waals surface area contributed by atoms with E-state index in [1.165, 1.54) is 23.4 Å². The van der Waals surface area contributed by atoms with Gasteiger partial charge in [0.15, 0.2) is 5.78 Å². The van der Waals surface area contributed by atoms with Gasteiger partial charge in [0, 0.05) is 12.1 Å². The molecule has 0 spiro atoms. The Labute approximate surface area is 123 Å². The van der Waals surface area contributed by atoms with Gasteiger partial charge < -0.3 is 4.74 Å². The first kappa shape index (κ1) is 15.7. The van der Waals surface area contributed by atoms with E-state index in [2.05, 4.69) is 0 Å². The summed E-state index contributed by atoms with van der Waals surface area (Å²) in [4.78, 5) is 23.3. The van der Waals surface area contributed by atoms with Crippen molar-refractivity contribution in [3.05, 3.63) is 29.8 Å². The van der Waals surface area contributed by atoms with E-state index in [9.17, 15) is 18.0 Å². The third kappa shape index (κ3) is 3.68. The third-order valence-corrected chi connectivity index (χ3v) is 4.67. The summed E-state index contributed by atoms with van der Waals surface area (Å²) in [6, 6.07) is 5.40. The Morgan fingerprint density at radius 3 is 2.38 bits per heavy atom. The summed E-state index contributed by atoms with van der Waals surface area (Å²) in [6.45, 7) is 1.78. The highest BCUT2D eigenvalue weighted by molar-refractivity contribution is 7.88. The number of esters is 1. The Balaban J connectivity index is 2.09. The van der Waals surface area contributed by atoms with E-state index in [1.54, 1.807) is 12.1 Å². The van der Waals surface area contributed by atoms with Crippen LogP contribution in [0.3, 0.4) is 0 Å². The standard InChI is InChI=1S/C14H17NO5S/c1-10(16)11-5-7-12(8-6-11)20-14(17)13-4-3-9-15(13)21(2,18)19/h5-8,13H,3-4,9H2,1-2H3/t13-/m0/s1. The maximum atomic E-state index is 12.1. The maximum absolute atomic E-state index is 12.1. The summed E-state index contributed by atoms with van der Waals surface area (Å²) in [5.74, 6) is -0.370. The Bertz CT molecular complexity index is 650. The van der Waals surface area contributed by atoms with Gasteiger partial charge in [0.1, 0.15) is 11.8 Å². The molecule has 0 radical (unpaired) electrons. The molecular weight excluding hydrogens is 294 g/mol. The van der Waals surface area contributed by atoms with Crippen LogP contribution in [0.1, 0.15) is 30.1 Å². The van der Waals surface area contributed by atoms with Gasteiger partial charge in [-0.05, 0) is 44.0 Å². The minimum Gasteiger partial charge on any atom is -0.425 e. The molecule has 1 aliphatic heterocycles. The molecule has 21 heavy (non-hydrogen) atoms. The van der Waals surface area contributed by atoms with Crippen LogP contribution in [0.4, 0.5) is 0 Å². The number of rotatable bonds is 4. The number of sulfonamides is 1. The minimum atomic E-state index is -3.42. The number of benzene rings is 1. The van der Waals surface area contributed by atoms with Gasteiger partial charge in [-0.3, -0.25) is 4.79 Å². The van der Waals surface area contributed by atoms with Gasteiger partial charge in [-0.1, -0.05) is 0 Å². The van der Waals surface area contributed by atoms with Gasteiger partial charge in [-0.25, -0.2) is 13.2 Å². The van der Waals surface area contributed by atoms with Crippen LogP contribution in [0.5, 0.6) is 5.75 Å². The number of ether oxygens (including phenoxy) is 1. The molecule has 7 heteroatoms. The second kappa shape index (κ2) is 5.95. The summed E-state index contributed by atoms with van der Waals surface area (Å²) >= 11 is 0. The molecule has 6 nitrogen and oxygen atoms in total. The van der Waals surface area contributed by atoms with Gasteiger partial charge in [-0.15, -0.1) is 0 Å². The van der Waals surface area contributed by atoms with Crippen molar-refractivity contribution < 1.29 is 22.7 Å². The van der Waals surface area contributed by atoms with Crippen LogP contribution in [0, 0.1) is 0 Å². The summed E-state index contributed by atoms with van der Waals surface area (Å²) in [7, 11) is -3.42. The summed E-state index contributed by atoms with van der Waals surface area (Å²) < 4.78 is 29.6.